The number of hydrogen-bond acceptors (Lipinski definition) is 5. The minimum Gasteiger partial charge on any atom is -0.395 e. The predicted molar refractivity (Wildman–Crippen MR) is 80.4 cm³/mol. The first kappa shape index (κ1) is 16.0. The van der Waals surface area contributed by atoms with Crippen LogP contribution in [0, 0.1) is 0 Å². The topological polar surface area (TPSA) is 98.7 Å². The second-order valence-corrected chi connectivity index (χ2v) is 4.88. The number of carbonyl (C=O) groups excluding carboxylic acids is 3. The van der Waals surface area contributed by atoms with Crippen LogP contribution in [0.15, 0.2) is 30.0 Å². The Hall–Kier alpha value is -2.38. The number of aliphatic hydroxyl groups is 1. The van der Waals surface area contributed by atoms with Gasteiger partial charge in [-0.15, -0.1) is 0 Å². The molecule has 2 rings (SSSR count). The maximum atomic E-state index is 12.0. The SMILES string of the molecule is CNC(=O)c1cc(NC2=CC(=O)N(CCO)C2=O)ccc1Cl. The Morgan fingerprint density at radius 2 is 2.09 bits per heavy atom. The number of nitrogens with one attached hydrogen (secondary N) is 2. The summed E-state index contributed by atoms with van der Waals surface area (Å²) in [7, 11) is 1.48. The zero-order valence-electron chi connectivity index (χ0n) is 11.7. The Morgan fingerprint density at radius 3 is 2.73 bits per heavy atom. The highest BCUT2D eigenvalue weighted by atomic mass is 35.5. The van der Waals surface area contributed by atoms with Crippen molar-refractivity contribution in [2.45, 2.75) is 0 Å². The van der Waals surface area contributed by atoms with Crippen molar-refractivity contribution in [3.05, 3.63) is 40.6 Å². The minimum absolute atomic E-state index is 0.0660. The molecule has 8 heteroatoms. The third-order valence-electron chi connectivity index (χ3n) is 3.05. The first-order valence-electron chi connectivity index (χ1n) is 6.45. The highest BCUT2D eigenvalue weighted by Crippen LogP contribution is 2.23. The van der Waals surface area contributed by atoms with Crippen molar-refractivity contribution < 1.29 is 19.5 Å². The number of amides is 3. The van der Waals surface area contributed by atoms with Crippen LogP contribution < -0.4 is 10.6 Å². The van der Waals surface area contributed by atoms with Crippen molar-refractivity contribution in [2.75, 3.05) is 25.5 Å². The van der Waals surface area contributed by atoms with Gasteiger partial charge in [0, 0.05) is 18.8 Å². The fourth-order valence-electron chi connectivity index (χ4n) is 1.98. The van der Waals surface area contributed by atoms with E-state index in [1.165, 1.54) is 19.2 Å². The van der Waals surface area contributed by atoms with E-state index in [9.17, 15) is 14.4 Å². The molecule has 1 aromatic rings. The fourth-order valence-corrected chi connectivity index (χ4v) is 2.18. The van der Waals surface area contributed by atoms with E-state index in [-0.39, 0.29) is 35.3 Å². The van der Waals surface area contributed by atoms with Crippen molar-refractivity contribution in [1.82, 2.24) is 10.2 Å². The lowest BCUT2D eigenvalue weighted by atomic mass is 10.2. The van der Waals surface area contributed by atoms with E-state index in [0.717, 1.165) is 11.0 Å². The van der Waals surface area contributed by atoms with Crippen LogP contribution in [0.5, 0.6) is 0 Å². The van der Waals surface area contributed by atoms with Gasteiger partial charge in [-0.25, -0.2) is 0 Å². The van der Waals surface area contributed by atoms with Crippen molar-refractivity contribution in [2.24, 2.45) is 0 Å². The number of benzene rings is 1. The van der Waals surface area contributed by atoms with E-state index < -0.39 is 11.8 Å². The van der Waals surface area contributed by atoms with E-state index in [1.54, 1.807) is 6.07 Å². The van der Waals surface area contributed by atoms with Crippen LogP contribution in [0.25, 0.3) is 0 Å². The van der Waals surface area contributed by atoms with Gasteiger partial charge in [0.15, 0.2) is 0 Å². The van der Waals surface area contributed by atoms with Crippen LogP contribution in [-0.4, -0.2) is 47.9 Å². The molecule has 3 N–H and O–H groups in total. The molecule has 1 heterocycles. The van der Waals surface area contributed by atoms with Gasteiger partial charge in [0.25, 0.3) is 17.7 Å². The Labute approximate surface area is 131 Å². The molecular formula is C14H14ClN3O4. The maximum absolute atomic E-state index is 12.0. The number of halogens is 1. The highest BCUT2D eigenvalue weighted by molar-refractivity contribution is 6.34. The maximum Gasteiger partial charge on any atom is 0.277 e. The molecule has 1 aromatic carbocycles. The highest BCUT2D eigenvalue weighted by Gasteiger charge is 2.30. The van der Waals surface area contributed by atoms with Crippen molar-refractivity contribution in [1.29, 1.82) is 0 Å². The number of carbonyl (C=O) groups is 3. The number of imide groups is 1. The van der Waals surface area contributed by atoms with Gasteiger partial charge in [0.1, 0.15) is 5.70 Å². The number of aliphatic hydroxyl groups excluding tert-OH is 1. The minimum atomic E-state index is -0.532. The molecule has 0 fully saturated rings. The standard InChI is InChI=1S/C14H14ClN3O4/c1-16-13(21)9-6-8(2-3-10(9)15)17-11-7-12(20)18(4-5-19)14(11)22/h2-3,6-7,17,19H,4-5H2,1H3,(H,16,21). The average Bonchev–Trinajstić information content (AvgIpc) is 2.76. The third kappa shape index (κ3) is 3.10. The number of rotatable bonds is 5. The summed E-state index contributed by atoms with van der Waals surface area (Å²) in [6.45, 7) is -0.371. The normalized spacial score (nSPS) is 14.1. The summed E-state index contributed by atoms with van der Waals surface area (Å²) in [4.78, 5) is 36.3. The van der Waals surface area contributed by atoms with Gasteiger partial charge < -0.3 is 15.7 Å². The zero-order valence-corrected chi connectivity index (χ0v) is 12.5. The second-order valence-electron chi connectivity index (χ2n) is 4.48. The van der Waals surface area contributed by atoms with Gasteiger partial charge in [-0.2, -0.15) is 0 Å². The Bertz CT molecular complexity index is 672. The van der Waals surface area contributed by atoms with Gasteiger partial charge in [0.05, 0.1) is 23.7 Å². The predicted octanol–water partition coefficient (Wildman–Crippen LogP) is 0.357. The molecule has 0 bridgehead atoms. The average molecular weight is 324 g/mol. The largest absolute Gasteiger partial charge is 0.395 e. The smallest absolute Gasteiger partial charge is 0.277 e. The summed E-state index contributed by atoms with van der Waals surface area (Å²) in [5.74, 6) is -1.39. The van der Waals surface area contributed by atoms with E-state index in [0.29, 0.717) is 5.69 Å². The van der Waals surface area contributed by atoms with Crippen LogP contribution in [0.3, 0.4) is 0 Å². The fraction of sp³-hybridized carbons (Fsp3) is 0.214. The second kappa shape index (κ2) is 6.59. The number of hydrogen-bond donors (Lipinski definition) is 3. The van der Waals surface area contributed by atoms with Gasteiger partial charge in [-0.05, 0) is 18.2 Å². The summed E-state index contributed by atoms with van der Waals surface area (Å²) < 4.78 is 0. The van der Waals surface area contributed by atoms with E-state index in [4.69, 9.17) is 16.7 Å². The molecule has 0 atom stereocenters. The molecule has 0 saturated carbocycles. The molecule has 22 heavy (non-hydrogen) atoms. The van der Waals surface area contributed by atoms with Crippen molar-refractivity contribution >= 4 is 35.0 Å². The number of anilines is 1. The first-order valence-corrected chi connectivity index (χ1v) is 6.82. The van der Waals surface area contributed by atoms with Gasteiger partial charge in [-0.1, -0.05) is 11.6 Å². The summed E-state index contributed by atoms with van der Waals surface area (Å²) in [5, 5.41) is 14.4. The molecule has 1 aliphatic heterocycles. The van der Waals surface area contributed by atoms with Gasteiger partial charge in [0.2, 0.25) is 0 Å². The molecule has 0 radical (unpaired) electrons. The summed E-state index contributed by atoms with van der Waals surface area (Å²) in [6, 6.07) is 4.58. The number of β-amino-alcohol motifs (C(OH)–C–C–N with tert-alkyl or cyclic N) is 1. The number of nitrogens with zero attached hydrogens (tertiary/aromatic N) is 1. The summed E-state index contributed by atoms with van der Waals surface area (Å²) in [5.41, 5.74) is 0.767. The summed E-state index contributed by atoms with van der Waals surface area (Å²) >= 11 is 5.94. The lowest BCUT2D eigenvalue weighted by Gasteiger charge is -2.14. The van der Waals surface area contributed by atoms with Gasteiger partial charge >= 0.3 is 0 Å². The molecule has 0 unspecified atom stereocenters. The molecule has 0 aromatic heterocycles. The Balaban J connectivity index is 2.22. The zero-order chi connectivity index (χ0) is 16.3. The molecule has 0 spiro atoms. The lowest BCUT2D eigenvalue weighted by molar-refractivity contribution is -0.137. The van der Waals surface area contributed by atoms with Crippen LogP contribution in [0.2, 0.25) is 5.02 Å². The molecule has 7 nitrogen and oxygen atoms in total. The quantitative estimate of drug-likeness (QED) is 0.679. The van der Waals surface area contributed by atoms with E-state index in [2.05, 4.69) is 10.6 Å². The van der Waals surface area contributed by atoms with Gasteiger partial charge in [-0.3, -0.25) is 19.3 Å². The molecule has 0 saturated heterocycles. The monoisotopic (exact) mass is 323 g/mol. The van der Waals surface area contributed by atoms with E-state index in [1.807, 2.05) is 0 Å². The van der Waals surface area contributed by atoms with Crippen LogP contribution >= 0.6 is 11.6 Å². The van der Waals surface area contributed by atoms with Crippen LogP contribution in [0.4, 0.5) is 5.69 Å². The van der Waals surface area contributed by atoms with Crippen LogP contribution in [0.1, 0.15) is 10.4 Å². The molecular weight excluding hydrogens is 310 g/mol. The lowest BCUT2D eigenvalue weighted by Crippen LogP contribution is -2.34. The molecule has 1 aliphatic rings. The van der Waals surface area contributed by atoms with Crippen molar-refractivity contribution in [3.63, 3.8) is 0 Å². The Morgan fingerprint density at radius 1 is 1.36 bits per heavy atom. The summed E-state index contributed by atoms with van der Waals surface area (Å²) in [6.07, 6.45) is 1.15. The Kier molecular flexibility index (Phi) is 4.79. The molecule has 0 aliphatic carbocycles. The third-order valence-corrected chi connectivity index (χ3v) is 3.38. The van der Waals surface area contributed by atoms with Crippen LogP contribution in [-0.2, 0) is 9.59 Å². The van der Waals surface area contributed by atoms with E-state index >= 15 is 0 Å². The first-order chi connectivity index (χ1) is 10.5. The van der Waals surface area contributed by atoms with Crippen molar-refractivity contribution in [3.8, 4) is 0 Å². The molecule has 116 valence electrons. The molecule has 3 amide bonds.